The second-order valence-electron chi connectivity index (χ2n) is 7.12. The van der Waals surface area contributed by atoms with Crippen molar-refractivity contribution >= 4 is 16.9 Å². The molecule has 0 radical (unpaired) electrons. The molecule has 1 N–H and O–H groups in total. The van der Waals surface area contributed by atoms with Crippen LogP contribution in [0.1, 0.15) is 15.9 Å². The van der Waals surface area contributed by atoms with E-state index >= 15 is 0 Å². The summed E-state index contributed by atoms with van der Waals surface area (Å²) < 4.78 is 45.6. The van der Waals surface area contributed by atoms with Gasteiger partial charge >= 0.3 is 12.1 Å². The minimum atomic E-state index is -4.46. The Balaban J connectivity index is 1.61. The molecule has 1 aromatic heterocycles. The number of ether oxygens (including phenoxy) is 1. The summed E-state index contributed by atoms with van der Waals surface area (Å²) in [5.41, 5.74) is 2.56. The number of halogens is 3. The summed E-state index contributed by atoms with van der Waals surface area (Å²) in [5.74, 6) is -0.596. The largest absolute Gasteiger partial charge is 0.489 e. The Morgan fingerprint density at radius 2 is 1.61 bits per heavy atom. The lowest BCUT2D eigenvalue weighted by atomic mass is 10.0. The van der Waals surface area contributed by atoms with E-state index in [1.807, 2.05) is 42.5 Å². The second-order valence-corrected chi connectivity index (χ2v) is 7.12. The highest BCUT2D eigenvalue weighted by molar-refractivity contribution is 6.04. The summed E-state index contributed by atoms with van der Waals surface area (Å²) in [4.78, 5) is 11.4. The van der Waals surface area contributed by atoms with Crippen molar-refractivity contribution in [3.8, 4) is 16.9 Å². The molecule has 0 aliphatic heterocycles. The molecule has 1 heterocycles. The fourth-order valence-electron chi connectivity index (χ4n) is 3.45. The first-order valence-corrected chi connectivity index (χ1v) is 9.50. The number of fused-ring (bicyclic) bond motifs is 1. The Kier molecular flexibility index (Phi) is 5.42. The minimum Gasteiger partial charge on any atom is -0.489 e. The van der Waals surface area contributed by atoms with Gasteiger partial charge in [-0.25, -0.2) is 4.79 Å². The molecule has 0 unspecified atom stereocenters. The van der Waals surface area contributed by atoms with Crippen molar-refractivity contribution in [2.24, 2.45) is 0 Å². The monoisotopic (exact) mass is 425 g/mol. The Bertz CT molecular complexity index is 1210. The molecule has 0 atom stereocenters. The van der Waals surface area contributed by atoms with Crippen LogP contribution in [-0.2, 0) is 13.2 Å². The van der Waals surface area contributed by atoms with Gasteiger partial charge in [-0.3, -0.25) is 0 Å². The summed E-state index contributed by atoms with van der Waals surface area (Å²) in [6, 6.07) is 21.8. The number of rotatable bonds is 6. The lowest BCUT2D eigenvalue weighted by Crippen LogP contribution is -2.16. The van der Waals surface area contributed by atoms with E-state index in [1.54, 1.807) is 30.3 Å². The van der Waals surface area contributed by atoms with Crippen LogP contribution in [0.4, 0.5) is 13.2 Å². The van der Waals surface area contributed by atoms with Crippen molar-refractivity contribution in [2.75, 3.05) is 0 Å². The highest BCUT2D eigenvalue weighted by atomic mass is 19.4. The molecule has 4 nitrogen and oxygen atoms in total. The first-order chi connectivity index (χ1) is 14.8. The van der Waals surface area contributed by atoms with E-state index in [2.05, 4.69) is 0 Å². The lowest BCUT2D eigenvalue weighted by Gasteiger charge is -2.10. The number of benzene rings is 3. The van der Waals surface area contributed by atoms with E-state index in [0.717, 1.165) is 21.9 Å². The van der Waals surface area contributed by atoms with Gasteiger partial charge in [0.25, 0.3) is 0 Å². The molecule has 0 aliphatic rings. The van der Waals surface area contributed by atoms with E-state index in [9.17, 15) is 23.1 Å². The van der Waals surface area contributed by atoms with E-state index in [0.29, 0.717) is 17.9 Å². The minimum absolute atomic E-state index is 0.157. The highest BCUT2D eigenvalue weighted by Gasteiger charge is 2.29. The third kappa shape index (κ3) is 4.71. The molecule has 0 spiro atoms. The smallest absolute Gasteiger partial charge is 0.406 e. The van der Waals surface area contributed by atoms with Crippen molar-refractivity contribution in [1.82, 2.24) is 4.57 Å². The zero-order valence-corrected chi connectivity index (χ0v) is 16.3. The molecule has 4 aromatic rings. The molecule has 31 heavy (non-hydrogen) atoms. The quantitative estimate of drug-likeness (QED) is 0.403. The molecule has 0 amide bonds. The van der Waals surface area contributed by atoms with Gasteiger partial charge in [-0.05, 0) is 34.9 Å². The van der Waals surface area contributed by atoms with E-state index in [4.69, 9.17) is 4.74 Å². The Labute approximate surface area is 176 Å². The van der Waals surface area contributed by atoms with Crippen LogP contribution in [0.3, 0.4) is 0 Å². The van der Waals surface area contributed by atoms with Crippen LogP contribution in [0.2, 0.25) is 0 Å². The van der Waals surface area contributed by atoms with Crippen molar-refractivity contribution in [3.05, 3.63) is 90.1 Å². The number of carbonyl (C=O) groups is 1. The van der Waals surface area contributed by atoms with Crippen LogP contribution in [0.25, 0.3) is 22.0 Å². The van der Waals surface area contributed by atoms with Gasteiger partial charge in [0.1, 0.15) is 18.9 Å². The number of carboxylic acid groups (broad SMARTS) is 1. The predicted octanol–water partition coefficient (Wildman–Crippen LogP) is 6.15. The van der Waals surface area contributed by atoms with Gasteiger partial charge in [0.15, 0.2) is 0 Å². The van der Waals surface area contributed by atoms with Crippen LogP contribution >= 0.6 is 0 Å². The normalized spacial score (nSPS) is 11.6. The number of aromatic nitrogens is 1. The third-order valence-electron chi connectivity index (χ3n) is 4.90. The molecule has 0 bridgehead atoms. The van der Waals surface area contributed by atoms with E-state index < -0.39 is 18.7 Å². The van der Waals surface area contributed by atoms with Crippen LogP contribution in [0, 0.1) is 0 Å². The maximum absolute atomic E-state index is 13.0. The van der Waals surface area contributed by atoms with Gasteiger partial charge in [-0.1, -0.05) is 54.6 Å². The van der Waals surface area contributed by atoms with Crippen LogP contribution in [-0.4, -0.2) is 21.8 Å². The summed E-state index contributed by atoms with van der Waals surface area (Å²) in [7, 11) is 0. The van der Waals surface area contributed by atoms with E-state index in [1.165, 1.54) is 0 Å². The molecule has 4 rings (SSSR count). The number of carboxylic acids is 1. The molecule has 158 valence electrons. The van der Waals surface area contributed by atoms with Crippen molar-refractivity contribution in [1.29, 1.82) is 0 Å². The fourth-order valence-corrected chi connectivity index (χ4v) is 3.45. The second kappa shape index (κ2) is 8.18. The molecule has 3 aromatic carbocycles. The number of nitrogens with zero attached hydrogens (tertiary/aromatic N) is 1. The van der Waals surface area contributed by atoms with Gasteiger partial charge in [0, 0.05) is 17.1 Å². The fraction of sp³-hybridized carbons (Fsp3) is 0.125. The summed E-state index contributed by atoms with van der Waals surface area (Å²) in [5, 5.41) is 9.60. The molecular formula is C24H18F3NO3. The van der Waals surface area contributed by atoms with Gasteiger partial charge in [0.2, 0.25) is 0 Å². The van der Waals surface area contributed by atoms with E-state index in [-0.39, 0.29) is 16.5 Å². The summed E-state index contributed by atoms with van der Waals surface area (Å²) >= 11 is 0. The topological polar surface area (TPSA) is 51.5 Å². The number of aromatic carboxylic acids is 1. The number of alkyl halides is 3. The van der Waals surface area contributed by atoms with Crippen LogP contribution < -0.4 is 4.74 Å². The lowest BCUT2D eigenvalue weighted by molar-refractivity contribution is -0.139. The zero-order valence-electron chi connectivity index (χ0n) is 16.3. The average Bonchev–Trinajstić information content (AvgIpc) is 3.10. The van der Waals surface area contributed by atoms with Gasteiger partial charge in [-0.2, -0.15) is 13.2 Å². The summed E-state index contributed by atoms with van der Waals surface area (Å²) in [6.07, 6.45) is -3.43. The third-order valence-corrected chi connectivity index (χ3v) is 4.90. The molecule has 0 saturated carbocycles. The van der Waals surface area contributed by atoms with Gasteiger partial charge < -0.3 is 14.4 Å². The Hall–Kier alpha value is -3.74. The van der Waals surface area contributed by atoms with Gasteiger partial charge in [0.05, 0.1) is 5.56 Å². The molecule has 7 heteroatoms. The SMILES string of the molecule is O=C(O)c1cn(CC(F)(F)F)c2cc(-c3ccc(OCc4ccccc4)cc3)ccc12. The van der Waals surface area contributed by atoms with Crippen molar-refractivity contribution in [3.63, 3.8) is 0 Å². The van der Waals surface area contributed by atoms with Crippen molar-refractivity contribution < 1.29 is 27.8 Å². The van der Waals surface area contributed by atoms with Crippen LogP contribution in [0.15, 0.2) is 79.0 Å². The number of hydrogen-bond donors (Lipinski definition) is 1. The molecule has 0 fully saturated rings. The highest BCUT2D eigenvalue weighted by Crippen LogP contribution is 2.31. The molecule has 0 saturated heterocycles. The Morgan fingerprint density at radius 1 is 0.935 bits per heavy atom. The zero-order chi connectivity index (χ0) is 22.0. The van der Waals surface area contributed by atoms with Gasteiger partial charge in [-0.15, -0.1) is 0 Å². The molecular weight excluding hydrogens is 407 g/mol. The average molecular weight is 425 g/mol. The molecule has 0 aliphatic carbocycles. The Morgan fingerprint density at radius 3 is 2.26 bits per heavy atom. The number of hydrogen-bond acceptors (Lipinski definition) is 2. The predicted molar refractivity (Wildman–Crippen MR) is 111 cm³/mol. The van der Waals surface area contributed by atoms with Crippen LogP contribution in [0.5, 0.6) is 5.75 Å². The van der Waals surface area contributed by atoms with Crippen molar-refractivity contribution in [2.45, 2.75) is 19.3 Å². The summed E-state index contributed by atoms with van der Waals surface area (Å²) in [6.45, 7) is -0.832. The first-order valence-electron chi connectivity index (χ1n) is 9.50. The first kappa shape index (κ1) is 20.5. The maximum Gasteiger partial charge on any atom is 0.406 e. The maximum atomic E-state index is 13.0. The standard InChI is InChI=1S/C24H18F3NO3/c25-24(26,27)15-28-13-21(23(29)30)20-11-8-18(12-22(20)28)17-6-9-19(10-7-17)31-14-16-4-2-1-3-5-16/h1-13H,14-15H2,(H,29,30).